The molecule has 0 aliphatic carbocycles. The van der Waals surface area contributed by atoms with Gasteiger partial charge in [0.1, 0.15) is 11.5 Å². The lowest BCUT2D eigenvalue weighted by atomic mass is 9.95. The summed E-state index contributed by atoms with van der Waals surface area (Å²) in [5.41, 5.74) is 0.134. The van der Waals surface area contributed by atoms with Crippen molar-refractivity contribution in [2.75, 3.05) is 26.8 Å². The Balaban J connectivity index is 2.37. The SMILES string of the molecule is CCCNCC(C)(C)COc1ccc(OC)cc1. The molecule has 1 rings (SSSR count). The van der Waals surface area contributed by atoms with E-state index in [4.69, 9.17) is 9.47 Å². The summed E-state index contributed by atoms with van der Waals surface area (Å²) in [6.07, 6.45) is 1.16. The molecule has 0 atom stereocenters. The predicted molar refractivity (Wildman–Crippen MR) is 75.4 cm³/mol. The molecule has 0 heterocycles. The van der Waals surface area contributed by atoms with Crippen molar-refractivity contribution in [1.82, 2.24) is 5.32 Å². The normalized spacial score (nSPS) is 11.3. The first-order valence-electron chi connectivity index (χ1n) is 6.55. The summed E-state index contributed by atoms with van der Waals surface area (Å²) in [7, 11) is 1.67. The van der Waals surface area contributed by atoms with Crippen molar-refractivity contribution < 1.29 is 9.47 Å². The Labute approximate surface area is 110 Å². The van der Waals surface area contributed by atoms with Gasteiger partial charge in [-0.05, 0) is 37.2 Å². The van der Waals surface area contributed by atoms with Gasteiger partial charge in [-0.2, -0.15) is 0 Å². The number of hydrogen-bond donors (Lipinski definition) is 1. The van der Waals surface area contributed by atoms with Crippen LogP contribution in [0.4, 0.5) is 0 Å². The first-order valence-corrected chi connectivity index (χ1v) is 6.55. The summed E-state index contributed by atoms with van der Waals surface area (Å²) in [5, 5.41) is 3.43. The van der Waals surface area contributed by atoms with E-state index >= 15 is 0 Å². The van der Waals surface area contributed by atoms with Crippen LogP contribution in [0.3, 0.4) is 0 Å². The first kappa shape index (κ1) is 14.8. The van der Waals surface area contributed by atoms with E-state index in [0.29, 0.717) is 6.61 Å². The molecule has 18 heavy (non-hydrogen) atoms. The third-order valence-electron chi connectivity index (χ3n) is 2.72. The molecule has 1 N–H and O–H groups in total. The van der Waals surface area contributed by atoms with Gasteiger partial charge in [-0.25, -0.2) is 0 Å². The van der Waals surface area contributed by atoms with E-state index in [9.17, 15) is 0 Å². The van der Waals surface area contributed by atoms with Gasteiger partial charge >= 0.3 is 0 Å². The molecular weight excluding hydrogens is 226 g/mol. The molecule has 3 nitrogen and oxygen atoms in total. The molecule has 0 unspecified atom stereocenters. The molecule has 0 saturated carbocycles. The summed E-state index contributed by atoms with van der Waals surface area (Å²) in [6.45, 7) is 9.32. The van der Waals surface area contributed by atoms with E-state index in [2.05, 4.69) is 26.1 Å². The number of rotatable bonds is 8. The van der Waals surface area contributed by atoms with Crippen LogP contribution >= 0.6 is 0 Å². The zero-order valence-electron chi connectivity index (χ0n) is 12.0. The van der Waals surface area contributed by atoms with Gasteiger partial charge in [-0.15, -0.1) is 0 Å². The average molecular weight is 251 g/mol. The van der Waals surface area contributed by atoms with Crippen LogP contribution in [0.2, 0.25) is 0 Å². The van der Waals surface area contributed by atoms with Crippen molar-refractivity contribution in [2.45, 2.75) is 27.2 Å². The highest BCUT2D eigenvalue weighted by molar-refractivity contribution is 5.31. The van der Waals surface area contributed by atoms with Crippen molar-refractivity contribution in [3.63, 3.8) is 0 Å². The maximum atomic E-state index is 5.81. The molecule has 3 heteroatoms. The minimum atomic E-state index is 0.134. The van der Waals surface area contributed by atoms with Gasteiger partial charge in [-0.3, -0.25) is 0 Å². The smallest absolute Gasteiger partial charge is 0.119 e. The molecule has 0 fully saturated rings. The lowest BCUT2D eigenvalue weighted by Crippen LogP contribution is -2.34. The van der Waals surface area contributed by atoms with Crippen LogP contribution in [-0.4, -0.2) is 26.8 Å². The van der Waals surface area contributed by atoms with Gasteiger partial charge < -0.3 is 14.8 Å². The van der Waals surface area contributed by atoms with Crippen LogP contribution in [0.15, 0.2) is 24.3 Å². The van der Waals surface area contributed by atoms with Crippen molar-refractivity contribution in [3.05, 3.63) is 24.3 Å². The van der Waals surface area contributed by atoms with Crippen LogP contribution in [0.5, 0.6) is 11.5 Å². The summed E-state index contributed by atoms with van der Waals surface area (Å²) in [5.74, 6) is 1.74. The molecule has 0 radical (unpaired) electrons. The standard InChI is InChI=1S/C15H25NO2/c1-5-10-16-11-15(2,3)12-18-14-8-6-13(17-4)7-9-14/h6-9,16H,5,10-12H2,1-4H3. The fraction of sp³-hybridized carbons (Fsp3) is 0.600. The Kier molecular flexibility index (Phi) is 5.99. The van der Waals surface area contributed by atoms with Gasteiger partial charge in [-0.1, -0.05) is 20.8 Å². The molecule has 102 valence electrons. The van der Waals surface area contributed by atoms with Gasteiger partial charge in [0.25, 0.3) is 0 Å². The molecule has 0 aliphatic heterocycles. The van der Waals surface area contributed by atoms with E-state index < -0.39 is 0 Å². The molecule has 0 amide bonds. The van der Waals surface area contributed by atoms with Crippen LogP contribution in [0.25, 0.3) is 0 Å². The number of methoxy groups -OCH3 is 1. The van der Waals surface area contributed by atoms with E-state index in [1.807, 2.05) is 24.3 Å². The average Bonchev–Trinajstić information content (AvgIpc) is 2.37. The molecular formula is C15H25NO2. The van der Waals surface area contributed by atoms with Gasteiger partial charge in [0, 0.05) is 12.0 Å². The van der Waals surface area contributed by atoms with Crippen molar-refractivity contribution in [1.29, 1.82) is 0 Å². The lowest BCUT2D eigenvalue weighted by molar-refractivity contribution is 0.176. The molecule has 0 saturated heterocycles. The van der Waals surface area contributed by atoms with E-state index in [1.54, 1.807) is 7.11 Å². The van der Waals surface area contributed by atoms with Crippen LogP contribution < -0.4 is 14.8 Å². The minimum absolute atomic E-state index is 0.134. The summed E-state index contributed by atoms with van der Waals surface area (Å²) in [6, 6.07) is 7.71. The molecule has 0 bridgehead atoms. The predicted octanol–water partition coefficient (Wildman–Crippen LogP) is 3.10. The Hall–Kier alpha value is -1.22. The topological polar surface area (TPSA) is 30.5 Å². The second-order valence-electron chi connectivity index (χ2n) is 5.31. The maximum absolute atomic E-state index is 5.81. The lowest BCUT2D eigenvalue weighted by Gasteiger charge is -2.25. The molecule has 0 aromatic heterocycles. The minimum Gasteiger partial charge on any atom is -0.497 e. The third-order valence-corrected chi connectivity index (χ3v) is 2.72. The highest BCUT2D eigenvalue weighted by Crippen LogP contribution is 2.20. The van der Waals surface area contributed by atoms with Gasteiger partial charge in [0.2, 0.25) is 0 Å². The largest absolute Gasteiger partial charge is 0.497 e. The third kappa shape index (κ3) is 5.41. The Morgan fingerprint density at radius 3 is 2.28 bits per heavy atom. The number of ether oxygens (including phenoxy) is 2. The number of nitrogens with one attached hydrogen (secondary N) is 1. The highest BCUT2D eigenvalue weighted by atomic mass is 16.5. The zero-order chi connectivity index (χ0) is 13.4. The monoisotopic (exact) mass is 251 g/mol. The summed E-state index contributed by atoms with van der Waals surface area (Å²) < 4.78 is 10.9. The van der Waals surface area contributed by atoms with E-state index in [1.165, 1.54) is 0 Å². The summed E-state index contributed by atoms with van der Waals surface area (Å²) in [4.78, 5) is 0. The molecule has 1 aromatic carbocycles. The fourth-order valence-electron chi connectivity index (χ4n) is 1.61. The van der Waals surface area contributed by atoms with Crippen LogP contribution in [0.1, 0.15) is 27.2 Å². The second-order valence-corrected chi connectivity index (χ2v) is 5.31. The van der Waals surface area contributed by atoms with Crippen LogP contribution in [0, 0.1) is 5.41 Å². The first-order chi connectivity index (χ1) is 8.57. The van der Waals surface area contributed by atoms with Crippen LogP contribution in [-0.2, 0) is 0 Å². The number of benzene rings is 1. The van der Waals surface area contributed by atoms with Crippen molar-refractivity contribution >= 4 is 0 Å². The number of hydrogen-bond acceptors (Lipinski definition) is 3. The fourth-order valence-corrected chi connectivity index (χ4v) is 1.61. The Morgan fingerprint density at radius 2 is 1.72 bits per heavy atom. The maximum Gasteiger partial charge on any atom is 0.119 e. The van der Waals surface area contributed by atoms with E-state index in [0.717, 1.165) is 31.0 Å². The Morgan fingerprint density at radius 1 is 1.11 bits per heavy atom. The van der Waals surface area contributed by atoms with Crippen molar-refractivity contribution in [2.24, 2.45) is 5.41 Å². The highest BCUT2D eigenvalue weighted by Gasteiger charge is 2.18. The van der Waals surface area contributed by atoms with E-state index in [-0.39, 0.29) is 5.41 Å². The van der Waals surface area contributed by atoms with Crippen molar-refractivity contribution in [3.8, 4) is 11.5 Å². The molecule has 1 aromatic rings. The molecule has 0 spiro atoms. The summed E-state index contributed by atoms with van der Waals surface area (Å²) >= 11 is 0. The quantitative estimate of drug-likeness (QED) is 0.720. The Bertz CT molecular complexity index is 333. The zero-order valence-corrected chi connectivity index (χ0v) is 12.0. The molecule has 0 aliphatic rings. The second kappa shape index (κ2) is 7.27. The van der Waals surface area contributed by atoms with Gasteiger partial charge in [0.15, 0.2) is 0 Å². The van der Waals surface area contributed by atoms with Gasteiger partial charge in [0.05, 0.1) is 13.7 Å².